The van der Waals surface area contributed by atoms with Crippen LogP contribution in [0.5, 0.6) is 0 Å². The van der Waals surface area contributed by atoms with Crippen LogP contribution in [0, 0.1) is 5.82 Å². The summed E-state index contributed by atoms with van der Waals surface area (Å²) in [6.07, 6.45) is 6.10. The molecule has 1 saturated heterocycles. The van der Waals surface area contributed by atoms with Crippen molar-refractivity contribution >= 4 is 34.2 Å². The third-order valence-corrected chi connectivity index (χ3v) is 8.94. The minimum atomic E-state index is -0.149. The smallest absolute Gasteiger partial charge is 0.123 e. The number of nitrogens with zero attached hydrogens (tertiary/aromatic N) is 3. The van der Waals surface area contributed by atoms with Gasteiger partial charge in [0.1, 0.15) is 5.82 Å². The van der Waals surface area contributed by atoms with Gasteiger partial charge < -0.3 is 4.90 Å². The number of halogens is 1. The topological polar surface area (TPSA) is 19.4 Å². The second-order valence-electron chi connectivity index (χ2n) is 8.94. The van der Waals surface area contributed by atoms with Gasteiger partial charge in [-0.25, -0.2) is 4.39 Å². The number of aryl methyl sites for hydroxylation is 2. The molecule has 172 valence electrons. The molecule has 3 nitrogen and oxygen atoms in total. The first-order valence-corrected chi connectivity index (χ1v) is 13.5. The molecule has 0 radical (unpaired) electrons. The first-order valence-electron chi connectivity index (χ1n) is 11.8. The number of piperazine rings is 1. The minimum absolute atomic E-state index is 0.149. The van der Waals surface area contributed by atoms with Crippen LogP contribution in [-0.2, 0) is 12.8 Å². The van der Waals surface area contributed by atoms with Crippen LogP contribution in [0.25, 0.3) is 11.1 Å². The lowest BCUT2D eigenvalue weighted by Gasteiger charge is -2.41. The zero-order valence-electron chi connectivity index (χ0n) is 19.3. The Morgan fingerprint density at radius 3 is 2.88 bits per heavy atom. The summed E-state index contributed by atoms with van der Waals surface area (Å²) in [4.78, 5) is 11.3. The lowest BCUT2D eigenvalue weighted by Crippen LogP contribution is -2.52. The number of fused-ring (bicyclic) bond motifs is 2. The Labute approximate surface area is 203 Å². The summed E-state index contributed by atoms with van der Waals surface area (Å²) in [6.45, 7) is 5.20. The standard InChI is InChI=1S/C27H30FN3S2/c1-3-6-23-16-24-26(25-20(8-5-12-29-25)18-32-27(24)33-23)31-14-13-30(2)22(17-31)11-10-19-7-4-9-21(28)15-19/h4-5,7-9,12,15-16,18,22H,3,6,10-11,13-14,17H2,1-2H3. The summed E-state index contributed by atoms with van der Waals surface area (Å²) in [5, 5.41) is 4.56. The highest BCUT2D eigenvalue weighted by molar-refractivity contribution is 8.08. The summed E-state index contributed by atoms with van der Waals surface area (Å²) in [5.74, 6) is -0.149. The molecular weight excluding hydrogens is 449 g/mol. The van der Waals surface area contributed by atoms with Crippen LogP contribution in [0.15, 0.2) is 52.9 Å². The molecular formula is C27H30FN3S2. The van der Waals surface area contributed by atoms with E-state index in [1.54, 1.807) is 6.07 Å². The van der Waals surface area contributed by atoms with Crippen molar-refractivity contribution in [3.63, 3.8) is 0 Å². The maximum absolute atomic E-state index is 13.7. The molecule has 0 aliphatic carbocycles. The Kier molecular flexibility index (Phi) is 6.86. The highest BCUT2D eigenvalue weighted by atomic mass is 32.2. The van der Waals surface area contributed by atoms with Gasteiger partial charge in [0.15, 0.2) is 0 Å². The summed E-state index contributed by atoms with van der Waals surface area (Å²) >= 11 is 3.77. The second-order valence-corrected chi connectivity index (χ2v) is 11.2. The Balaban J connectivity index is 1.48. The van der Waals surface area contributed by atoms with Gasteiger partial charge in [0.25, 0.3) is 0 Å². The molecule has 1 unspecified atom stereocenters. The molecule has 0 spiro atoms. The van der Waals surface area contributed by atoms with Crippen LogP contribution in [0.1, 0.15) is 35.8 Å². The number of hydrogen-bond acceptors (Lipinski definition) is 5. The fourth-order valence-corrected chi connectivity index (χ4v) is 7.16. The lowest BCUT2D eigenvalue weighted by molar-refractivity contribution is 0.127. The van der Waals surface area contributed by atoms with Gasteiger partial charge in [0.05, 0.1) is 15.3 Å². The highest BCUT2D eigenvalue weighted by Crippen LogP contribution is 2.39. The Morgan fingerprint density at radius 2 is 2.03 bits per heavy atom. The zero-order valence-corrected chi connectivity index (χ0v) is 20.9. The highest BCUT2D eigenvalue weighted by Gasteiger charge is 2.29. The molecule has 3 aromatic rings. The fourth-order valence-electron chi connectivity index (χ4n) is 4.81. The summed E-state index contributed by atoms with van der Waals surface area (Å²) in [5.41, 5.74) is 3.70. The number of hydrogen-bond donors (Lipinski definition) is 0. The van der Waals surface area contributed by atoms with Gasteiger partial charge in [-0.05, 0) is 61.5 Å². The fraction of sp³-hybridized carbons (Fsp3) is 0.370. The maximum atomic E-state index is 13.7. The van der Waals surface area contributed by atoms with Crippen LogP contribution < -0.4 is 10.6 Å². The molecule has 0 bridgehead atoms. The third-order valence-electron chi connectivity index (χ3n) is 6.61. The molecule has 0 N–H and O–H groups in total. The number of thiophene rings is 1. The van der Waals surface area contributed by atoms with E-state index in [9.17, 15) is 4.39 Å². The molecule has 4 heterocycles. The molecule has 5 rings (SSSR count). The van der Waals surface area contributed by atoms with Gasteiger partial charge in [0, 0.05) is 47.5 Å². The van der Waals surface area contributed by atoms with Gasteiger partial charge >= 0.3 is 0 Å². The average molecular weight is 480 g/mol. The van der Waals surface area contributed by atoms with E-state index in [1.807, 2.05) is 47.5 Å². The summed E-state index contributed by atoms with van der Waals surface area (Å²) < 4.78 is 15.0. The third kappa shape index (κ3) is 4.88. The van der Waals surface area contributed by atoms with Crippen LogP contribution in [-0.4, -0.2) is 47.5 Å². The van der Waals surface area contributed by atoms with E-state index in [1.165, 1.54) is 31.6 Å². The monoisotopic (exact) mass is 479 g/mol. The van der Waals surface area contributed by atoms with Crippen molar-refractivity contribution in [2.45, 2.75) is 42.9 Å². The predicted molar refractivity (Wildman–Crippen MR) is 137 cm³/mol. The van der Waals surface area contributed by atoms with E-state index < -0.39 is 0 Å². The van der Waals surface area contributed by atoms with Crippen molar-refractivity contribution in [2.75, 3.05) is 26.7 Å². The molecule has 2 aliphatic rings. The van der Waals surface area contributed by atoms with Crippen molar-refractivity contribution in [3.8, 4) is 0 Å². The van der Waals surface area contributed by atoms with Gasteiger partial charge in [-0.15, -0.1) is 11.3 Å². The van der Waals surface area contributed by atoms with E-state index in [-0.39, 0.29) is 5.82 Å². The average Bonchev–Trinajstić information content (AvgIpc) is 3.14. The van der Waals surface area contributed by atoms with Crippen molar-refractivity contribution < 1.29 is 4.39 Å². The van der Waals surface area contributed by atoms with Crippen LogP contribution in [0.2, 0.25) is 0 Å². The first kappa shape index (κ1) is 22.6. The molecule has 6 heteroatoms. The number of benzene rings is 1. The van der Waals surface area contributed by atoms with Crippen LogP contribution in [0.3, 0.4) is 0 Å². The van der Waals surface area contributed by atoms with E-state index in [4.69, 9.17) is 4.98 Å². The molecule has 1 atom stereocenters. The predicted octanol–water partition coefficient (Wildman–Crippen LogP) is 4.48. The largest absolute Gasteiger partial charge is 0.366 e. The van der Waals surface area contributed by atoms with Gasteiger partial charge in [-0.2, -0.15) is 0 Å². The SMILES string of the molecule is CCCc1cc2c(s1)SC=c1cccnc1=C2N1CCN(C)C(CCc2cccc(F)c2)C1. The normalized spacial score (nSPS) is 18.5. The number of aromatic nitrogens is 1. The lowest BCUT2D eigenvalue weighted by atomic mass is 10.0. The quantitative estimate of drug-likeness (QED) is 0.519. The first-order chi connectivity index (χ1) is 16.1. The number of thioether (sulfide) groups is 1. The van der Waals surface area contributed by atoms with Gasteiger partial charge in [-0.3, -0.25) is 9.88 Å². The molecule has 1 aromatic carbocycles. The number of pyridine rings is 1. The maximum Gasteiger partial charge on any atom is 0.123 e. The molecule has 2 aliphatic heterocycles. The minimum Gasteiger partial charge on any atom is -0.366 e. The van der Waals surface area contributed by atoms with E-state index in [0.717, 1.165) is 56.2 Å². The molecule has 0 amide bonds. The van der Waals surface area contributed by atoms with E-state index in [2.05, 4.69) is 41.3 Å². The summed E-state index contributed by atoms with van der Waals surface area (Å²) in [6, 6.07) is 14.1. The van der Waals surface area contributed by atoms with E-state index in [0.29, 0.717) is 6.04 Å². The number of rotatable bonds is 6. The van der Waals surface area contributed by atoms with Crippen molar-refractivity contribution in [2.24, 2.45) is 0 Å². The Morgan fingerprint density at radius 1 is 1.12 bits per heavy atom. The van der Waals surface area contributed by atoms with Crippen LogP contribution >= 0.6 is 23.1 Å². The molecule has 33 heavy (non-hydrogen) atoms. The molecule has 0 saturated carbocycles. The second kappa shape index (κ2) is 10.00. The number of likely N-dealkylation sites (N-methyl/N-ethyl adjacent to an activating group) is 1. The Hall–Kier alpha value is -2.15. The van der Waals surface area contributed by atoms with Gasteiger partial charge in [0.2, 0.25) is 0 Å². The van der Waals surface area contributed by atoms with E-state index >= 15 is 0 Å². The summed E-state index contributed by atoms with van der Waals surface area (Å²) in [7, 11) is 2.22. The van der Waals surface area contributed by atoms with Crippen LogP contribution in [0.4, 0.5) is 4.39 Å². The molecule has 1 fully saturated rings. The van der Waals surface area contributed by atoms with Gasteiger partial charge in [-0.1, -0.05) is 43.3 Å². The molecule has 2 aromatic heterocycles. The van der Waals surface area contributed by atoms with Crippen molar-refractivity contribution in [1.29, 1.82) is 0 Å². The zero-order chi connectivity index (χ0) is 22.8. The Bertz CT molecular complexity index is 1250. The van der Waals surface area contributed by atoms with Crippen molar-refractivity contribution in [1.82, 2.24) is 14.8 Å². The van der Waals surface area contributed by atoms with Crippen molar-refractivity contribution in [3.05, 3.63) is 81.1 Å².